The zero-order chi connectivity index (χ0) is 18.8. The van der Waals surface area contributed by atoms with Gasteiger partial charge >= 0.3 is 0 Å². The number of nitrogens with two attached hydrogens (primary N) is 1. The average molecular weight is 376 g/mol. The van der Waals surface area contributed by atoms with E-state index in [2.05, 4.69) is 16.8 Å². The number of aryl methyl sites for hydroxylation is 1. The van der Waals surface area contributed by atoms with Gasteiger partial charge in [0.15, 0.2) is 11.1 Å². The van der Waals surface area contributed by atoms with Crippen LogP contribution in [0.2, 0.25) is 0 Å². The minimum Gasteiger partial charge on any atom is -0.352 e. The molecule has 1 saturated heterocycles. The quantitative estimate of drug-likeness (QED) is 0.788. The predicted octanol–water partition coefficient (Wildman–Crippen LogP) is 1.51. The summed E-state index contributed by atoms with van der Waals surface area (Å²) < 4.78 is 21.4. The van der Waals surface area contributed by atoms with Crippen molar-refractivity contribution in [2.75, 3.05) is 31.1 Å². The number of nitrogens with zero attached hydrogens (tertiary/aromatic N) is 3. The van der Waals surface area contributed by atoms with Crippen LogP contribution in [0.5, 0.6) is 0 Å². The first-order valence-corrected chi connectivity index (χ1v) is 9.78. The lowest BCUT2D eigenvalue weighted by Gasteiger charge is -2.31. The smallest absolute Gasteiger partial charge is 0.236 e. The van der Waals surface area contributed by atoms with Gasteiger partial charge in [0.05, 0.1) is 11.4 Å². The molecule has 3 rings (SSSR count). The summed E-state index contributed by atoms with van der Waals surface area (Å²) in [5, 5.41) is 1.63. The largest absolute Gasteiger partial charge is 0.352 e. The highest BCUT2D eigenvalue weighted by Crippen LogP contribution is 2.32. The van der Waals surface area contributed by atoms with E-state index < -0.39 is 11.1 Å². The number of benzene rings is 1. The van der Waals surface area contributed by atoms with Crippen molar-refractivity contribution in [3.63, 3.8) is 0 Å². The topological polar surface area (TPSA) is 99.8 Å². The van der Waals surface area contributed by atoms with Crippen LogP contribution in [0.1, 0.15) is 18.9 Å². The van der Waals surface area contributed by atoms with Gasteiger partial charge in [0, 0.05) is 42.6 Å². The third kappa shape index (κ3) is 3.44. The Morgan fingerprint density at radius 3 is 2.88 bits per heavy atom. The maximum absolute atomic E-state index is 12.0. The molecule has 3 N–H and O–H groups in total. The third-order valence-corrected chi connectivity index (χ3v) is 5.59. The van der Waals surface area contributed by atoms with Crippen LogP contribution < -0.4 is 10.6 Å². The van der Waals surface area contributed by atoms with Crippen LogP contribution in [0.15, 0.2) is 29.3 Å². The van der Waals surface area contributed by atoms with Gasteiger partial charge < -0.3 is 20.1 Å². The van der Waals surface area contributed by atoms with Crippen molar-refractivity contribution in [1.82, 2.24) is 9.88 Å². The van der Waals surface area contributed by atoms with E-state index in [1.807, 2.05) is 13.0 Å². The molecule has 140 valence electrons. The second-order valence-electron chi connectivity index (χ2n) is 6.63. The Kier molecular flexibility index (Phi) is 5.55. The maximum Gasteiger partial charge on any atom is 0.236 e. The first kappa shape index (κ1) is 18.8. The van der Waals surface area contributed by atoms with Crippen molar-refractivity contribution >= 4 is 33.6 Å². The Hall–Kier alpha value is -2.03. The van der Waals surface area contributed by atoms with Crippen LogP contribution in [-0.4, -0.2) is 56.8 Å². The predicted molar refractivity (Wildman–Crippen MR) is 103 cm³/mol. The molecule has 1 aliphatic rings. The van der Waals surface area contributed by atoms with Gasteiger partial charge in [0.25, 0.3) is 0 Å². The highest BCUT2D eigenvalue weighted by molar-refractivity contribution is 7.79. The molecule has 1 aromatic carbocycles. The summed E-state index contributed by atoms with van der Waals surface area (Å²) in [6.07, 6.45) is 2.56. The Balaban J connectivity index is 2.05. The van der Waals surface area contributed by atoms with Crippen molar-refractivity contribution in [2.45, 2.75) is 31.2 Å². The third-order valence-electron chi connectivity index (χ3n) is 4.87. The van der Waals surface area contributed by atoms with Gasteiger partial charge in [-0.25, -0.2) is 9.19 Å². The molecule has 2 atom stereocenters. The molecule has 0 bridgehead atoms. The van der Waals surface area contributed by atoms with E-state index in [0.717, 1.165) is 35.1 Å². The zero-order valence-corrected chi connectivity index (χ0v) is 15.8. The van der Waals surface area contributed by atoms with E-state index in [4.69, 9.17) is 5.73 Å². The molecule has 0 spiro atoms. The minimum atomic E-state index is -2.07. The number of anilines is 1. The van der Waals surface area contributed by atoms with Crippen molar-refractivity contribution in [2.24, 2.45) is 5.73 Å². The molecule has 1 amide bonds. The molecule has 0 radical (unpaired) electrons. The van der Waals surface area contributed by atoms with Crippen molar-refractivity contribution in [3.05, 3.63) is 30.0 Å². The fourth-order valence-electron chi connectivity index (χ4n) is 3.62. The number of carbonyl (C=O) groups is 1. The van der Waals surface area contributed by atoms with Crippen LogP contribution >= 0.6 is 0 Å². The molecule has 2 heterocycles. The van der Waals surface area contributed by atoms with Crippen molar-refractivity contribution in [3.8, 4) is 0 Å². The normalized spacial score (nSPS) is 19.5. The Labute approximate surface area is 155 Å². The van der Waals surface area contributed by atoms with Crippen LogP contribution in [-0.2, 0) is 15.9 Å². The van der Waals surface area contributed by atoms with Gasteiger partial charge in [0.1, 0.15) is 5.82 Å². The number of fused-ring (bicyclic) bond motifs is 1. The summed E-state index contributed by atoms with van der Waals surface area (Å²) in [6, 6.07) is 5.45. The molecule has 2 aromatic rings. The van der Waals surface area contributed by atoms with Crippen molar-refractivity contribution in [1.29, 1.82) is 0 Å². The average Bonchev–Trinajstić information content (AvgIpc) is 2.82. The summed E-state index contributed by atoms with van der Waals surface area (Å²) >= 11 is -2.07. The molecule has 1 unspecified atom stereocenters. The van der Waals surface area contributed by atoms with Crippen LogP contribution in [0.4, 0.5) is 5.82 Å². The van der Waals surface area contributed by atoms with E-state index in [9.17, 15) is 13.6 Å². The monoisotopic (exact) mass is 376 g/mol. The zero-order valence-electron chi connectivity index (χ0n) is 15.0. The van der Waals surface area contributed by atoms with E-state index in [-0.39, 0.29) is 18.5 Å². The molecule has 1 aromatic heterocycles. The summed E-state index contributed by atoms with van der Waals surface area (Å²) in [4.78, 5) is 21.0. The maximum atomic E-state index is 12.0. The van der Waals surface area contributed by atoms with E-state index in [0.29, 0.717) is 18.0 Å². The van der Waals surface area contributed by atoms with Crippen LogP contribution in [0.25, 0.3) is 10.8 Å². The van der Waals surface area contributed by atoms with E-state index in [1.165, 1.54) is 0 Å². The summed E-state index contributed by atoms with van der Waals surface area (Å²) in [6.45, 7) is 5.98. The highest BCUT2D eigenvalue weighted by atomic mass is 32.2. The fraction of sp³-hybridized carbons (Fsp3) is 0.444. The standard InChI is InChI=1S/C18H24N4O3S/c1-12-10-20-18(14-5-3-6-15(17(12)14)26(24)25)22-8-4-7-21(11-13(22)2)16(23)9-19/h3,5-6,10,13H,4,7-9,11,19H2,1-2H3,(H,24,25)/t13-/m0/s1. The van der Waals surface area contributed by atoms with Gasteiger partial charge in [-0.2, -0.15) is 0 Å². The number of amides is 1. The number of aromatic nitrogens is 1. The highest BCUT2D eigenvalue weighted by Gasteiger charge is 2.26. The molecule has 7 nitrogen and oxygen atoms in total. The summed E-state index contributed by atoms with van der Waals surface area (Å²) in [7, 11) is 0. The van der Waals surface area contributed by atoms with Gasteiger partial charge in [-0.05, 0) is 31.9 Å². The molecule has 26 heavy (non-hydrogen) atoms. The number of hydrogen-bond donors (Lipinski definition) is 2. The van der Waals surface area contributed by atoms with Crippen molar-refractivity contribution < 1.29 is 13.6 Å². The Morgan fingerprint density at radius 2 is 2.19 bits per heavy atom. The lowest BCUT2D eigenvalue weighted by atomic mass is 10.1. The molecule has 1 aliphatic heterocycles. The molecule has 8 heteroatoms. The Bertz CT molecular complexity index is 858. The molecular formula is C18H24N4O3S. The van der Waals surface area contributed by atoms with E-state index >= 15 is 0 Å². The van der Waals surface area contributed by atoms with Crippen LogP contribution in [0, 0.1) is 6.92 Å². The second kappa shape index (κ2) is 7.69. The van der Waals surface area contributed by atoms with Gasteiger partial charge in [0.2, 0.25) is 5.91 Å². The summed E-state index contributed by atoms with van der Waals surface area (Å²) in [5.41, 5.74) is 6.38. The fourth-order valence-corrected chi connectivity index (χ4v) is 4.26. The molecule has 0 aliphatic carbocycles. The molecule has 1 fully saturated rings. The minimum absolute atomic E-state index is 0.0180. The first-order chi connectivity index (χ1) is 12.4. The number of pyridine rings is 1. The second-order valence-corrected chi connectivity index (χ2v) is 7.57. The van der Waals surface area contributed by atoms with Gasteiger partial charge in [-0.1, -0.05) is 12.1 Å². The number of hydrogen-bond acceptors (Lipinski definition) is 5. The van der Waals surface area contributed by atoms with Crippen LogP contribution in [0.3, 0.4) is 0 Å². The Morgan fingerprint density at radius 1 is 1.42 bits per heavy atom. The first-order valence-electron chi connectivity index (χ1n) is 8.67. The lowest BCUT2D eigenvalue weighted by molar-refractivity contribution is -0.129. The number of carbonyl (C=O) groups excluding carboxylic acids is 1. The van der Waals surface area contributed by atoms with E-state index in [1.54, 1.807) is 23.2 Å². The lowest BCUT2D eigenvalue weighted by Crippen LogP contribution is -2.43. The van der Waals surface area contributed by atoms with Gasteiger partial charge in [-0.15, -0.1) is 0 Å². The number of rotatable bonds is 3. The molecular weight excluding hydrogens is 352 g/mol. The molecule has 0 saturated carbocycles. The SMILES string of the molecule is Cc1cnc(N2CCCN(C(=O)CN)C[C@@H]2C)c2cccc(S(=O)O)c12. The summed E-state index contributed by atoms with van der Waals surface area (Å²) in [5.74, 6) is 0.742. The van der Waals surface area contributed by atoms with Gasteiger partial charge in [-0.3, -0.25) is 4.79 Å².